The van der Waals surface area contributed by atoms with Gasteiger partial charge in [0.2, 0.25) is 0 Å². The number of nitro groups is 1. The third kappa shape index (κ3) is 4.33. The molecule has 0 saturated carbocycles. The second-order valence-electron chi connectivity index (χ2n) is 4.73. The molecule has 0 saturated heterocycles. The van der Waals surface area contributed by atoms with Crippen LogP contribution in [0, 0.1) is 10.1 Å². The van der Waals surface area contributed by atoms with E-state index in [4.69, 9.17) is 4.74 Å². The first kappa shape index (κ1) is 18.4. The van der Waals surface area contributed by atoms with Gasteiger partial charge < -0.3 is 0 Å². The van der Waals surface area contributed by atoms with Crippen molar-refractivity contribution in [2.75, 3.05) is 11.5 Å². The Bertz CT molecular complexity index is 758. The number of pyridine rings is 1. The van der Waals surface area contributed by atoms with E-state index in [0.29, 0.717) is 4.60 Å². The molecule has 0 spiro atoms. The van der Waals surface area contributed by atoms with Crippen LogP contribution >= 0.6 is 15.9 Å². The number of carbonyl (C=O) groups is 1. The second-order valence-corrected chi connectivity index (χ2v) is 6.69. The summed E-state index contributed by atoms with van der Waals surface area (Å²) in [6.45, 7) is 2.01. The molecule has 1 heterocycles. The summed E-state index contributed by atoms with van der Waals surface area (Å²) < 4.78 is 5.78. The standard InChI is InChI=1S/C15H15AsBrN3O4/c1-2-24-15(21)19(9-10-6-4-3-5-7-10)11-8-12(17)18-14(16)13(11)20(22)23/h3-8H,2,9,16H2,1H3. The Hall–Kier alpha value is -1.92. The zero-order chi connectivity index (χ0) is 17.7. The molecule has 1 aromatic carbocycles. The molecule has 0 radical (unpaired) electrons. The van der Waals surface area contributed by atoms with E-state index in [2.05, 4.69) is 20.9 Å². The van der Waals surface area contributed by atoms with Crippen molar-refractivity contribution in [1.82, 2.24) is 4.98 Å². The number of aromatic nitrogens is 1. The molecule has 1 unspecified atom stereocenters. The van der Waals surface area contributed by atoms with Gasteiger partial charge in [0, 0.05) is 0 Å². The number of nitrogens with zero attached hydrogens (tertiary/aromatic N) is 3. The van der Waals surface area contributed by atoms with Crippen molar-refractivity contribution in [3.8, 4) is 0 Å². The van der Waals surface area contributed by atoms with E-state index < -0.39 is 11.0 Å². The Balaban J connectivity index is 2.55. The molecule has 0 aliphatic carbocycles. The summed E-state index contributed by atoms with van der Waals surface area (Å²) in [7, 11) is 0. The number of carbonyl (C=O) groups excluding carboxylic acids is 1. The fourth-order valence-electron chi connectivity index (χ4n) is 2.12. The third-order valence-electron chi connectivity index (χ3n) is 3.11. The van der Waals surface area contributed by atoms with E-state index in [1.807, 2.05) is 30.3 Å². The molecule has 24 heavy (non-hydrogen) atoms. The van der Waals surface area contributed by atoms with Crippen molar-refractivity contribution >= 4 is 54.7 Å². The first-order valence-electron chi connectivity index (χ1n) is 7.02. The summed E-state index contributed by atoms with van der Waals surface area (Å²) in [5.74, 6) is 0. The van der Waals surface area contributed by atoms with Gasteiger partial charge >= 0.3 is 156 Å². The molecule has 2 rings (SSSR count). The van der Waals surface area contributed by atoms with E-state index in [1.165, 1.54) is 11.0 Å². The van der Waals surface area contributed by atoms with Crippen LogP contribution in [0.5, 0.6) is 0 Å². The van der Waals surface area contributed by atoms with Gasteiger partial charge in [-0.3, -0.25) is 0 Å². The third-order valence-corrected chi connectivity index (χ3v) is 4.36. The molecule has 0 fully saturated rings. The Morgan fingerprint density at radius 1 is 1.42 bits per heavy atom. The summed E-state index contributed by atoms with van der Waals surface area (Å²) in [4.78, 5) is 28.7. The topological polar surface area (TPSA) is 85.6 Å². The van der Waals surface area contributed by atoms with Crippen molar-refractivity contribution in [2.45, 2.75) is 13.5 Å². The van der Waals surface area contributed by atoms with Gasteiger partial charge in [-0.1, -0.05) is 0 Å². The quantitative estimate of drug-likeness (QED) is 0.298. The van der Waals surface area contributed by atoms with Gasteiger partial charge in [-0.25, -0.2) is 0 Å². The average Bonchev–Trinajstić information content (AvgIpc) is 2.52. The maximum atomic E-state index is 12.4. The first-order valence-corrected chi connectivity index (χ1v) is 9.03. The number of halogens is 1. The van der Waals surface area contributed by atoms with Crippen LogP contribution < -0.4 is 9.38 Å². The van der Waals surface area contributed by atoms with E-state index in [1.54, 1.807) is 6.92 Å². The molecule has 7 nitrogen and oxygen atoms in total. The Labute approximate surface area is 155 Å². The van der Waals surface area contributed by atoms with Gasteiger partial charge in [0.1, 0.15) is 0 Å². The molecule has 0 aliphatic rings. The average molecular weight is 456 g/mol. The van der Waals surface area contributed by atoms with Crippen LogP contribution in [-0.2, 0) is 11.3 Å². The first-order chi connectivity index (χ1) is 11.4. The van der Waals surface area contributed by atoms with Crippen molar-refractivity contribution in [3.63, 3.8) is 0 Å². The van der Waals surface area contributed by atoms with E-state index in [0.717, 1.165) is 22.4 Å². The summed E-state index contributed by atoms with van der Waals surface area (Å²) in [5.41, 5.74) is 0.793. The number of hydrogen-bond acceptors (Lipinski definition) is 5. The molecule has 1 amide bonds. The van der Waals surface area contributed by atoms with Crippen molar-refractivity contribution in [1.29, 1.82) is 0 Å². The van der Waals surface area contributed by atoms with Crippen molar-refractivity contribution in [2.24, 2.45) is 0 Å². The number of rotatable bonds is 5. The normalized spacial score (nSPS) is 10.3. The zero-order valence-corrected chi connectivity index (χ0v) is 16.8. The molecular formula is C15H15AsBrN3O4. The van der Waals surface area contributed by atoms with Crippen LogP contribution in [0.1, 0.15) is 12.5 Å². The number of anilines is 1. The summed E-state index contributed by atoms with van der Waals surface area (Å²) >= 11 is 4.24. The van der Waals surface area contributed by atoms with Gasteiger partial charge in [0.25, 0.3) is 0 Å². The van der Waals surface area contributed by atoms with Crippen LogP contribution in [0.15, 0.2) is 41.0 Å². The minimum absolute atomic E-state index is 0.156. The predicted molar refractivity (Wildman–Crippen MR) is 96.4 cm³/mol. The number of ether oxygens (including phenoxy) is 1. The molecular weight excluding hydrogens is 441 g/mol. The number of amides is 1. The fourth-order valence-corrected chi connectivity index (χ4v) is 3.75. The van der Waals surface area contributed by atoms with E-state index in [-0.39, 0.29) is 29.0 Å². The SMILES string of the molecule is CCOC(=O)N(Cc1ccccc1)c1cc(Br)nc([AsH2])c1[N+](=O)[O-]. The fraction of sp³-hybridized carbons (Fsp3) is 0.200. The minimum atomic E-state index is -0.644. The molecule has 1 aromatic heterocycles. The van der Waals surface area contributed by atoms with Crippen LogP contribution in [0.25, 0.3) is 0 Å². The summed E-state index contributed by atoms with van der Waals surface area (Å²) in [6.07, 6.45) is -0.644. The van der Waals surface area contributed by atoms with Gasteiger partial charge in [0.15, 0.2) is 0 Å². The van der Waals surface area contributed by atoms with Gasteiger partial charge in [-0.05, 0) is 0 Å². The van der Waals surface area contributed by atoms with Gasteiger partial charge in [-0.2, -0.15) is 0 Å². The summed E-state index contributed by atoms with van der Waals surface area (Å²) in [5, 5.41) is 11.5. The van der Waals surface area contributed by atoms with Crippen LogP contribution in [-0.4, -0.2) is 39.5 Å². The van der Waals surface area contributed by atoms with Crippen molar-refractivity contribution in [3.05, 3.63) is 56.7 Å². The Kier molecular flexibility index (Phi) is 6.34. The van der Waals surface area contributed by atoms with E-state index in [9.17, 15) is 14.9 Å². The number of benzene rings is 1. The van der Waals surface area contributed by atoms with Crippen molar-refractivity contribution < 1.29 is 14.5 Å². The van der Waals surface area contributed by atoms with Crippen LogP contribution in [0.2, 0.25) is 0 Å². The molecule has 0 aliphatic heterocycles. The van der Waals surface area contributed by atoms with Gasteiger partial charge in [0.05, 0.1) is 0 Å². The molecule has 0 bridgehead atoms. The number of hydrogen-bond donors (Lipinski definition) is 0. The Morgan fingerprint density at radius 3 is 2.67 bits per heavy atom. The second kappa shape index (κ2) is 8.26. The van der Waals surface area contributed by atoms with Crippen LogP contribution in [0.4, 0.5) is 16.2 Å². The molecule has 2 aromatic rings. The van der Waals surface area contributed by atoms with Gasteiger partial charge in [-0.15, -0.1) is 0 Å². The molecule has 9 heteroatoms. The Morgan fingerprint density at radius 2 is 2.08 bits per heavy atom. The predicted octanol–water partition coefficient (Wildman–Crippen LogP) is 2.17. The molecule has 126 valence electrons. The summed E-state index contributed by atoms with van der Waals surface area (Å²) in [6, 6.07) is 10.7. The van der Waals surface area contributed by atoms with E-state index >= 15 is 0 Å². The zero-order valence-electron chi connectivity index (χ0n) is 12.8. The maximum absolute atomic E-state index is 12.4. The molecule has 0 N–H and O–H groups in total. The van der Waals surface area contributed by atoms with Crippen LogP contribution in [0.3, 0.4) is 0 Å². The monoisotopic (exact) mass is 455 g/mol. The molecule has 1 atom stereocenters.